The molecule has 0 spiro atoms. The minimum Gasteiger partial charge on any atom is -0.497 e. The van der Waals surface area contributed by atoms with Crippen LogP contribution in [0.1, 0.15) is 44.0 Å². The summed E-state index contributed by atoms with van der Waals surface area (Å²) in [6, 6.07) is 4.61. The standard InChI is InChI=1S/C15H24N2O/c1-4-13(8-12-5-6-12)16-10-14-9-15(18-3)7-11(2)17-14/h7,9,12-13,16H,4-6,8,10H2,1-3H3. The summed E-state index contributed by atoms with van der Waals surface area (Å²) >= 11 is 0. The summed E-state index contributed by atoms with van der Waals surface area (Å²) < 4.78 is 5.28. The quantitative estimate of drug-likeness (QED) is 0.805. The summed E-state index contributed by atoms with van der Waals surface area (Å²) in [5.74, 6) is 1.87. The second-order valence-corrected chi connectivity index (χ2v) is 5.30. The van der Waals surface area contributed by atoms with Crippen LogP contribution in [0.2, 0.25) is 0 Å². The smallest absolute Gasteiger partial charge is 0.122 e. The van der Waals surface area contributed by atoms with Crippen LogP contribution < -0.4 is 10.1 Å². The van der Waals surface area contributed by atoms with Gasteiger partial charge >= 0.3 is 0 Å². The normalized spacial score (nSPS) is 16.6. The molecule has 1 atom stereocenters. The summed E-state index contributed by atoms with van der Waals surface area (Å²) in [7, 11) is 1.70. The van der Waals surface area contributed by atoms with E-state index >= 15 is 0 Å². The van der Waals surface area contributed by atoms with Gasteiger partial charge in [-0.1, -0.05) is 19.8 Å². The molecule has 18 heavy (non-hydrogen) atoms. The van der Waals surface area contributed by atoms with Gasteiger partial charge in [0.25, 0.3) is 0 Å². The molecule has 0 aromatic carbocycles. The van der Waals surface area contributed by atoms with E-state index < -0.39 is 0 Å². The molecule has 1 aromatic rings. The largest absolute Gasteiger partial charge is 0.497 e. The van der Waals surface area contributed by atoms with E-state index in [1.54, 1.807) is 7.11 Å². The van der Waals surface area contributed by atoms with Crippen molar-refractivity contribution in [3.05, 3.63) is 23.5 Å². The first-order valence-electron chi connectivity index (χ1n) is 6.96. The lowest BCUT2D eigenvalue weighted by atomic mass is 10.1. The van der Waals surface area contributed by atoms with Gasteiger partial charge in [0.2, 0.25) is 0 Å². The number of hydrogen-bond acceptors (Lipinski definition) is 3. The molecule has 1 unspecified atom stereocenters. The fraction of sp³-hybridized carbons (Fsp3) is 0.667. The average Bonchev–Trinajstić information content (AvgIpc) is 3.17. The Bertz CT molecular complexity index is 388. The lowest BCUT2D eigenvalue weighted by Gasteiger charge is -2.16. The van der Waals surface area contributed by atoms with E-state index in [-0.39, 0.29) is 0 Å². The summed E-state index contributed by atoms with van der Waals surface area (Å²) in [6.07, 6.45) is 5.36. The maximum absolute atomic E-state index is 5.28. The number of nitrogens with zero attached hydrogens (tertiary/aromatic N) is 1. The van der Waals surface area contributed by atoms with Crippen molar-refractivity contribution < 1.29 is 4.74 Å². The highest BCUT2D eigenvalue weighted by Gasteiger charge is 2.24. The lowest BCUT2D eigenvalue weighted by molar-refractivity contribution is 0.410. The number of aromatic nitrogens is 1. The number of ether oxygens (including phenoxy) is 1. The first-order valence-corrected chi connectivity index (χ1v) is 6.96. The van der Waals surface area contributed by atoms with Gasteiger partial charge in [-0.2, -0.15) is 0 Å². The molecule has 1 aliphatic carbocycles. The molecule has 2 rings (SSSR count). The van der Waals surface area contributed by atoms with Gasteiger partial charge in [0.15, 0.2) is 0 Å². The number of methoxy groups -OCH3 is 1. The van der Waals surface area contributed by atoms with Gasteiger partial charge in [-0.3, -0.25) is 4.98 Å². The molecule has 0 saturated heterocycles. The fourth-order valence-corrected chi connectivity index (χ4v) is 2.31. The first kappa shape index (κ1) is 13.3. The van der Waals surface area contributed by atoms with Crippen LogP contribution in [0.25, 0.3) is 0 Å². The number of pyridine rings is 1. The Kier molecular flexibility index (Phi) is 4.59. The molecule has 0 bridgehead atoms. The molecule has 1 aliphatic rings. The molecule has 1 saturated carbocycles. The average molecular weight is 248 g/mol. The second kappa shape index (κ2) is 6.19. The maximum Gasteiger partial charge on any atom is 0.122 e. The van der Waals surface area contributed by atoms with E-state index in [2.05, 4.69) is 17.2 Å². The van der Waals surface area contributed by atoms with Crippen molar-refractivity contribution in [1.29, 1.82) is 0 Å². The third kappa shape index (κ3) is 3.98. The molecule has 0 aliphatic heterocycles. The Labute approximate surface area is 110 Å². The Morgan fingerprint density at radius 2 is 2.22 bits per heavy atom. The van der Waals surface area contributed by atoms with Gasteiger partial charge in [-0.15, -0.1) is 0 Å². The molecule has 0 radical (unpaired) electrons. The van der Waals surface area contributed by atoms with Crippen molar-refractivity contribution >= 4 is 0 Å². The van der Waals surface area contributed by atoms with Crippen LogP contribution in [0, 0.1) is 12.8 Å². The zero-order valence-corrected chi connectivity index (χ0v) is 11.7. The Hall–Kier alpha value is -1.09. The molecule has 1 aromatic heterocycles. The van der Waals surface area contributed by atoms with E-state index in [1.807, 2.05) is 19.1 Å². The van der Waals surface area contributed by atoms with Crippen molar-refractivity contribution in [2.45, 2.75) is 52.1 Å². The predicted octanol–water partition coefficient (Wildman–Crippen LogP) is 3.07. The van der Waals surface area contributed by atoms with Gasteiger partial charge in [-0.05, 0) is 25.7 Å². The predicted molar refractivity (Wildman–Crippen MR) is 73.8 cm³/mol. The number of nitrogens with one attached hydrogen (secondary N) is 1. The monoisotopic (exact) mass is 248 g/mol. The van der Waals surface area contributed by atoms with Crippen LogP contribution in [0.15, 0.2) is 12.1 Å². The third-order valence-corrected chi connectivity index (χ3v) is 3.60. The Morgan fingerprint density at radius 1 is 1.44 bits per heavy atom. The van der Waals surface area contributed by atoms with Crippen LogP contribution >= 0.6 is 0 Å². The summed E-state index contributed by atoms with van der Waals surface area (Å²) in [4.78, 5) is 4.54. The molecular formula is C15H24N2O. The molecule has 0 amide bonds. The number of rotatable bonds is 7. The molecule has 100 valence electrons. The van der Waals surface area contributed by atoms with Crippen LogP contribution in [0.5, 0.6) is 5.75 Å². The van der Waals surface area contributed by atoms with Crippen LogP contribution in [0.4, 0.5) is 0 Å². The van der Waals surface area contributed by atoms with E-state index in [0.29, 0.717) is 6.04 Å². The fourth-order valence-electron chi connectivity index (χ4n) is 2.31. The molecule has 1 N–H and O–H groups in total. The SMILES string of the molecule is CCC(CC1CC1)NCc1cc(OC)cc(C)n1. The molecule has 1 fully saturated rings. The van der Waals surface area contributed by atoms with Crippen molar-refractivity contribution in [1.82, 2.24) is 10.3 Å². The van der Waals surface area contributed by atoms with Gasteiger partial charge in [-0.25, -0.2) is 0 Å². The highest BCUT2D eigenvalue weighted by Crippen LogP contribution is 2.34. The van der Waals surface area contributed by atoms with E-state index in [9.17, 15) is 0 Å². The first-order chi connectivity index (χ1) is 8.71. The van der Waals surface area contributed by atoms with Gasteiger partial charge in [0.1, 0.15) is 5.75 Å². The summed E-state index contributed by atoms with van der Waals surface area (Å²) in [6.45, 7) is 5.10. The summed E-state index contributed by atoms with van der Waals surface area (Å²) in [5.41, 5.74) is 2.09. The summed E-state index contributed by atoms with van der Waals surface area (Å²) in [5, 5.41) is 3.62. The minimum atomic E-state index is 0.630. The van der Waals surface area contributed by atoms with Crippen LogP contribution in [-0.2, 0) is 6.54 Å². The Balaban J connectivity index is 1.89. The van der Waals surface area contributed by atoms with E-state index in [0.717, 1.165) is 29.6 Å². The molecule has 3 heteroatoms. The van der Waals surface area contributed by atoms with Gasteiger partial charge in [0, 0.05) is 30.4 Å². The van der Waals surface area contributed by atoms with E-state index in [4.69, 9.17) is 4.74 Å². The Morgan fingerprint density at radius 3 is 2.83 bits per heavy atom. The minimum absolute atomic E-state index is 0.630. The number of aryl methyl sites for hydroxylation is 1. The maximum atomic E-state index is 5.28. The van der Waals surface area contributed by atoms with Crippen molar-refractivity contribution in [2.24, 2.45) is 5.92 Å². The van der Waals surface area contributed by atoms with Crippen molar-refractivity contribution in [3.63, 3.8) is 0 Å². The van der Waals surface area contributed by atoms with Crippen LogP contribution in [-0.4, -0.2) is 18.1 Å². The highest BCUT2D eigenvalue weighted by atomic mass is 16.5. The van der Waals surface area contributed by atoms with E-state index in [1.165, 1.54) is 25.7 Å². The van der Waals surface area contributed by atoms with Crippen LogP contribution in [0.3, 0.4) is 0 Å². The van der Waals surface area contributed by atoms with Gasteiger partial charge < -0.3 is 10.1 Å². The molecular weight excluding hydrogens is 224 g/mol. The highest BCUT2D eigenvalue weighted by molar-refractivity contribution is 5.26. The zero-order valence-electron chi connectivity index (χ0n) is 11.7. The third-order valence-electron chi connectivity index (χ3n) is 3.60. The second-order valence-electron chi connectivity index (χ2n) is 5.30. The zero-order chi connectivity index (χ0) is 13.0. The van der Waals surface area contributed by atoms with Crippen molar-refractivity contribution in [2.75, 3.05) is 7.11 Å². The molecule has 1 heterocycles. The lowest BCUT2D eigenvalue weighted by Crippen LogP contribution is -2.28. The topological polar surface area (TPSA) is 34.1 Å². The van der Waals surface area contributed by atoms with Crippen molar-refractivity contribution in [3.8, 4) is 5.75 Å². The number of hydrogen-bond donors (Lipinski definition) is 1. The van der Waals surface area contributed by atoms with Gasteiger partial charge in [0.05, 0.1) is 12.8 Å². The molecule has 3 nitrogen and oxygen atoms in total.